The maximum absolute atomic E-state index is 11.9. The zero-order valence-corrected chi connectivity index (χ0v) is 13.6. The van der Waals surface area contributed by atoms with E-state index in [-0.39, 0.29) is 5.91 Å². The Kier molecular flexibility index (Phi) is 5.85. The largest absolute Gasteiger partial charge is 0.325 e. The number of nitrogens with one attached hydrogen (secondary N) is 1. The second-order valence-electron chi connectivity index (χ2n) is 4.32. The molecule has 106 valence electrons. The molecule has 0 spiro atoms. The van der Waals surface area contributed by atoms with Gasteiger partial charge < -0.3 is 5.32 Å². The van der Waals surface area contributed by atoms with Gasteiger partial charge in [-0.2, -0.15) is 5.26 Å². The lowest BCUT2D eigenvalue weighted by molar-refractivity contribution is -0.113. The third kappa shape index (κ3) is 5.25. The number of rotatable bonds is 5. The first-order chi connectivity index (χ1) is 10.2. The molecule has 3 nitrogen and oxygen atoms in total. The number of amides is 1. The molecule has 0 saturated carbocycles. The van der Waals surface area contributed by atoms with Gasteiger partial charge in [0.1, 0.15) is 0 Å². The maximum atomic E-state index is 11.9. The molecule has 1 amide bonds. The van der Waals surface area contributed by atoms with Gasteiger partial charge in [-0.1, -0.05) is 28.1 Å². The molecule has 2 rings (SSSR count). The number of halogens is 1. The molecule has 2 aromatic rings. The van der Waals surface area contributed by atoms with Crippen LogP contribution in [0, 0.1) is 11.3 Å². The zero-order valence-electron chi connectivity index (χ0n) is 11.2. The molecule has 0 fully saturated rings. The number of hydrogen-bond donors (Lipinski definition) is 1. The average Bonchev–Trinajstić information content (AvgIpc) is 2.49. The average molecular weight is 361 g/mol. The highest BCUT2D eigenvalue weighted by atomic mass is 79.9. The molecule has 0 aliphatic rings. The van der Waals surface area contributed by atoms with Crippen molar-refractivity contribution in [1.29, 1.82) is 5.26 Å². The van der Waals surface area contributed by atoms with Crippen molar-refractivity contribution in [3.05, 3.63) is 58.6 Å². The molecule has 0 heterocycles. The SMILES string of the molecule is N#CCc1ccc(NC(=O)CSc2ccc(Br)cc2)cc1. The molecule has 0 saturated heterocycles. The summed E-state index contributed by atoms with van der Waals surface area (Å²) in [5, 5.41) is 11.4. The minimum Gasteiger partial charge on any atom is -0.325 e. The fraction of sp³-hybridized carbons (Fsp3) is 0.125. The summed E-state index contributed by atoms with van der Waals surface area (Å²) in [7, 11) is 0. The number of nitriles is 1. The highest BCUT2D eigenvalue weighted by Gasteiger charge is 2.04. The van der Waals surface area contributed by atoms with Crippen LogP contribution in [0.25, 0.3) is 0 Å². The van der Waals surface area contributed by atoms with Gasteiger partial charge in [-0.05, 0) is 42.0 Å². The lowest BCUT2D eigenvalue weighted by Gasteiger charge is -2.06. The van der Waals surface area contributed by atoms with Crippen LogP contribution >= 0.6 is 27.7 Å². The van der Waals surface area contributed by atoms with E-state index in [1.54, 1.807) is 0 Å². The van der Waals surface area contributed by atoms with Gasteiger partial charge >= 0.3 is 0 Å². The van der Waals surface area contributed by atoms with Crippen LogP contribution in [0.2, 0.25) is 0 Å². The fourth-order valence-corrected chi connectivity index (χ4v) is 2.64. The van der Waals surface area contributed by atoms with E-state index in [0.29, 0.717) is 12.2 Å². The van der Waals surface area contributed by atoms with Crippen molar-refractivity contribution in [3.8, 4) is 6.07 Å². The second kappa shape index (κ2) is 7.87. The molecule has 21 heavy (non-hydrogen) atoms. The van der Waals surface area contributed by atoms with Gasteiger partial charge in [-0.15, -0.1) is 11.8 Å². The highest BCUT2D eigenvalue weighted by Crippen LogP contribution is 2.21. The molecule has 0 atom stereocenters. The van der Waals surface area contributed by atoms with Crippen molar-refractivity contribution in [2.75, 3.05) is 11.1 Å². The molecule has 0 aliphatic carbocycles. The van der Waals surface area contributed by atoms with Gasteiger partial charge in [-0.25, -0.2) is 0 Å². The molecule has 0 unspecified atom stereocenters. The molecule has 0 aromatic heterocycles. The molecule has 2 aromatic carbocycles. The number of benzene rings is 2. The number of nitrogens with zero attached hydrogens (tertiary/aromatic N) is 1. The third-order valence-corrected chi connectivity index (χ3v) is 4.25. The Labute approximate surface area is 136 Å². The Hall–Kier alpha value is -1.77. The summed E-state index contributed by atoms with van der Waals surface area (Å²) in [6.07, 6.45) is 0.383. The number of carbonyl (C=O) groups excluding carboxylic acids is 1. The van der Waals surface area contributed by atoms with E-state index in [1.807, 2.05) is 48.5 Å². The Balaban J connectivity index is 1.84. The minimum absolute atomic E-state index is 0.0454. The fourth-order valence-electron chi connectivity index (χ4n) is 1.67. The van der Waals surface area contributed by atoms with Crippen LogP contribution in [0.15, 0.2) is 57.9 Å². The van der Waals surface area contributed by atoms with E-state index >= 15 is 0 Å². The molecule has 0 radical (unpaired) electrons. The number of carbonyl (C=O) groups is 1. The third-order valence-electron chi connectivity index (χ3n) is 2.70. The van der Waals surface area contributed by atoms with Gasteiger partial charge in [-0.3, -0.25) is 4.79 Å². The van der Waals surface area contributed by atoms with Crippen molar-refractivity contribution in [3.63, 3.8) is 0 Å². The Morgan fingerprint density at radius 2 is 1.81 bits per heavy atom. The first kappa shape index (κ1) is 15.6. The summed E-state index contributed by atoms with van der Waals surface area (Å²) in [5.74, 6) is 0.317. The van der Waals surface area contributed by atoms with Crippen LogP contribution in [0.1, 0.15) is 5.56 Å². The molecule has 0 aliphatic heterocycles. The summed E-state index contributed by atoms with van der Waals surface area (Å²) in [6, 6.07) is 17.3. The lowest BCUT2D eigenvalue weighted by Crippen LogP contribution is -2.13. The van der Waals surface area contributed by atoms with Crippen LogP contribution in [0.4, 0.5) is 5.69 Å². The normalized spacial score (nSPS) is 9.90. The standard InChI is InChI=1S/C16H13BrN2OS/c17-13-3-7-15(8-4-13)21-11-16(20)19-14-5-1-12(2-6-14)9-10-18/h1-8H,9,11H2,(H,19,20). The molecule has 5 heteroatoms. The lowest BCUT2D eigenvalue weighted by atomic mass is 10.1. The zero-order chi connectivity index (χ0) is 15.1. The molecular formula is C16H13BrN2OS. The summed E-state index contributed by atoms with van der Waals surface area (Å²) >= 11 is 4.87. The van der Waals surface area contributed by atoms with Gasteiger partial charge in [0.25, 0.3) is 0 Å². The van der Waals surface area contributed by atoms with E-state index < -0.39 is 0 Å². The van der Waals surface area contributed by atoms with E-state index in [1.165, 1.54) is 11.8 Å². The van der Waals surface area contributed by atoms with Gasteiger partial charge in [0.15, 0.2) is 0 Å². The first-order valence-corrected chi connectivity index (χ1v) is 8.09. The topological polar surface area (TPSA) is 52.9 Å². The van der Waals surface area contributed by atoms with Crippen LogP contribution in [0.5, 0.6) is 0 Å². The minimum atomic E-state index is -0.0454. The first-order valence-electron chi connectivity index (χ1n) is 6.31. The van der Waals surface area contributed by atoms with E-state index in [0.717, 1.165) is 20.6 Å². The molecule has 0 bridgehead atoms. The number of thioether (sulfide) groups is 1. The highest BCUT2D eigenvalue weighted by molar-refractivity contribution is 9.10. The monoisotopic (exact) mass is 360 g/mol. The van der Waals surface area contributed by atoms with Crippen molar-refractivity contribution in [2.45, 2.75) is 11.3 Å². The van der Waals surface area contributed by atoms with Crippen LogP contribution in [-0.4, -0.2) is 11.7 Å². The van der Waals surface area contributed by atoms with Gasteiger partial charge in [0, 0.05) is 15.1 Å². The smallest absolute Gasteiger partial charge is 0.234 e. The van der Waals surface area contributed by atoms with Crippen LogP contribution < -0.4 is 5.32 Å². The Morgan fingerprint density at radius 1 is 1.14 bits per heavy atom. The summed E-state index contributed by atoms with van der Waals surface area (Å²) in [6.45, 7) is 0. The second-order valence-corrected chi connectivity index (χ2v) is 6.29. The molecular weight excluding hydrogens is 348 g/mol. The quantitative estimate of drug-likeness (QED) is 0.811. The van der Waals surface area contributed by atoms with Crippen molar-refractivity contribution < 1.29 is 4.79 Å². The van der Waals surface area contributed by atoms with Crippen LogP contribution in [0.3, 0.4) is 0 Å². The van der Waals surface area contributed by atoms with Crippen molar-refractivity contribution in [1.82, 2.24) is 0 Å². The van der Waals surface area contributed by atoms with Gasteiger partial charge in [0.2, 0.25) is 5.91 Å². The summed E-state index contributed by atoms with van der Waals surface area (Å²) in [5.41, 5.74) is 1.69. The van der Waals surface area contributed by atoms with Crippen molar-refractivity contribution >= 4 is 39.3 Å². The van der Waals surface area contributed by atoms with Gasteiger partial charge in [0.05, 0.1) is 18.2 Å². The Bertz CT molecular complexity index is 647. The Morgan fingerprint density at radius 3 is 2.43 bits per heavy atom. The van der Waals surface area contributed by atoms with E-state index in [4.69, 9.17) is 5.26 Å². The molecule has 1 N–H and O–H groups in total. The van der Waals surface area contributed by atoms with E-state index in [9.17, 15) is 4.79 Å². The predicted molar refractivity (Wildman–Crippen MR) is 89.3 cm³/mol. The summed E-state index contributed by atoms with van der Waals surface area (Å²) < 4.78 is 1.02. The maximum Gasteiger partial charge on any atom is 0.234 e. The number of anilines is 1. The summed E-state index contributed by atoms with van der Waals surface area (Å²) in [4.78, 5) is 12.9. The predicted octanol–water partition coefficient (Wildman–Crippen LogP) is 4.25. The number of hydrogen-bond acceptors (Lipinski definition) is 3. The van der Waals surface area contributed by atoms with E-state index in [2.05, 4.69) is 27.3 Å². The van der Waals surface area contributed by atoms with Crippen LogP contribution in [-0.2, 0) is 11.2 Å². The van der Waals surface area contributed by atoms with Crippen molar-refractivity contribution in [2.24, 2.45) is 0 Å².